The Hall–Kier alpha value is -0.120. The number of hydrogen-bond acceptors (Lipinski definition) is 3. The predicted octanol–water partition coefficient (Wildman–Crippen LogP) is -0.681. The minimum absolute atomic E-state index is 0.0351. The second-order valence-corrected chi connectivity index (χ2v) is 2.88. The van der Waals surface area contributed by atoms with E-state index in [0.717, 1.165) is 25.9 Å². The lowest BCUT2D eigenvalue weighted by Gasteiger charge is -2.32. The molecule has 0 aromatic rings. The Kier molecular flexibility index (Phi) is 3.12. The molecule has 0 aromatic heterocycles. The zero-order chi connectivity index (χ0) is 7.40. The maximum atomic E-state index is 8.92. The summed E-state index contributed by atoms with van der Waals surface area (Å²) < 4.78 is 0. The van der Waals surface area contributed by atoms with Crippen molar-refractivity contribution >= 4 is 0 Å². The summed E-state index contributed by atoms with van der Waals surface area (Å²) in [7, 11) is 1.94. The van der Waals surface area contributed by atoms with E-state index in [1.165, 1.54) is 0 Å². The van der Waals surface area contributed by atoms with E-state index in [1.807, 2.05) is 7.05 Å². The van der Waals surface area contributed by atoms with Crippen LogP contribution in [0.5, 0.6) is 0 Å². The first-order valence-electron chi connectivity index (χ1n) is 3.89. The lowest BCUT2D eigenvalue weighted by molar-refractivity contribution is 0.0629. The Morgan fingerprint density at radius 3 is 2.60 bits per heavy atom. The summed E-state index contributed by atoms with van der Waals surface area (Å²) >= 11 is 0. The Morgan fingerprint density at radius 1 is 1.40 bits per heavy atom. The largest absolute Gasteiger partial charge is 0.393 e. The van der Waals surface area contributed by atoms with Crippen LogP contribution in [-0.2, 0) is 0 Å². The molecule has 1 saturated carbocycles. The van der Waals surface area contributed by atoms with Crippen LogP contribution in [0.4, 0.5) is 0 Å². The minimum Gasteiger partial charge on any atom is -0.393 e. The Morgan fingerprint density at radius 2 is 2.10 bits per heavy atom. The van der Waals surface area contributed by atoms with Crippen molar-refractivity contribution in [3.63, 3.8) is 0 Å². The van der Waals surface area contributed by atoms with Gasteiger partial charge in [0.1, 0.15) is 0 Å². The smallest absolute Gasteiger partial charge is 0.0570 e. The lowest BCUT2D eigenvalue weighted by atomic mass is 9.90. The number of rotatable bonds is 4. The summed E-state index contributed by atoms with van der Waals surface area (Å²) in [5, 5.41) is 15.3. The normalized spacial score (nSPS) is 31.8. The average Bonchev–Trinajstić information content (AvgIpc) is 1.85. The Labute approximate surface area is 61.8 Å². The zero-order valence-electron chi connectivity index (χ0n) is 6.43. The van der Waals surface area contributed by atoms with Gasteiger partial charge in [0, 0.05) is 19.1 Å². The van der Waals surface area contributed by atoms with Crippen molar-refractivity contribution in [2.75, 3.05) is 20.1 Å². The molecule has 0 spiro atoms. The van der Waals surface area contributed by atoms with Gasteiger partial charge in [0.2, 0.25) is 0 Å². The molecule has 0 saturated heterocycles. The minimum atomic E-state index is -0.0351. The third kappa shape index (κ3) is 2.25. The molecule has 1 rings (SSSR count). The van der Waals surface area contributed by atoms with Gasteiger partial charge in [-0.2, -0.15) is 0 Å². The summed E-state index contributed by atoms with van der Waals surface area (Å²) in [6, 6.07) is 0.573. The number of aliphatic hydroxyl groups excluding tert-OH is 1. The fourth-order valence-electron chi connectivity index (χ4n) is 1.16. The summed E-state index contributed by atoms with van der Waals surface area (Å²) in [6.07, 6.45) is 1.83. The average molecular weight is 144 g/mol. The van der Waals surface area contributed by atoms with E-state index < -0.39 is 0 Å². The predicted molar refractivity (Wildman–Crippen MR) is 41.0 cm³/mol. The van der Waals surface area contributed by atoms with Crippen molar-refractivity contribution in [3.05, 3.63) is 0 Å². The SMILES string of the molecule is CNCCNC1CC(O)C1. The molecule has 0 heterocycles. The van der Waals surface area contributed by atoms with Crippen LogP contribution < -0.4 is 10.6 Å². The van der Waals surface area contributed by atoms with E-state index >= 15 is 0 Å². The molecular formula is C7H16N2O. The third-order valence-corrected chi connectivity index (χ3v) is 1.92. The number of nitrogens with one attached hydrogen (secondary N) is 2. The molecule has 0 unspecified atom stereocenters. The third-order valence-electron chi connectivity index (χ3n) is 1.92. The zero-order valence-corrected chi connectivity index (χ0v) is 6.43. The van der Waals surface area contributed by atoms with Crippen molar-refractivity contribution in [2.45, 2.75) is 25.0 Å². The highest BCUT2D eigenvalue weighted by Gasteiger charge is 2.25. The molecule has 0 amide bonds. The van der Waals surface area contributed by atoms with Gasteiger partial charge in [-0.25, -0.2) is 0 Å². The van der Waals surface area contributed by atoms with Crippen LogP contribution in [0, 0.1) is 0 Å². The summed E-state index contributed by atoms with van der Waals surface area (Å²) in [4.78, 5) is 0. The standard InChI is InChI=1S/C7H16N2O/c1-8-2-3-9-6-4-7(10)5-6/h6-10H,2-5H2,1H3. The van der Waals surface area contributed by atoms with Crippen molar-refractivity contribution in [1.29, 1.82) is 0 Å². The first-order chi connectivity index (χ1) is 4.83. The highest BCUT2D eigenvalue weighted by Crippen LogP contribution is 2.18. The Bertz CT molecular complexity index is 91.6. The van der Waals surface area contributed by atoms with Gasteiger partial charge in [-0.1, -0.05) is 0 Å². The van der Waals surface area contributed by atoms with Crippen molar-refractivity contribution in [2.24, 2.45) is 0 Å². The van der Waals surface area contributed by atoms with E-state index in [1.54, 1.807) is 0 Å². The highest BCUT2D eigenvalue weighted by atomic mass is 16.3. The fourth-order valence-corrected chi connectivity index (χ4v) is 1.16. The van der Waals surface area contributed by atoms with Gasteiger partial charge < -0.3 is 15.7 Å². The molecular weight excluding hydrogens is 128 g/mol. The molecule has 0 bridgehead atoms. The molecule has 0 atom stereocenters. The molecule has 60 valence electrons. The van der Waals surface area contributed by atoms with Crippen LogP contribution >= 0.6 is 0 Å². The molecule has 3 N–H and O–H groups in total. The van der Waals surface area contributed by atoms with Crippen LogP contribution in [0.15, 0.2) is 0 Å². The van der Waals surface area contributed by atoms with Crippen LogP contribution in [-0.4, -0.2) is 37.4 Å². The van der Waals surface area contributed by atoms with Gasteiger partial charge in [0.25, 0.3) is 0 Å². The highest BCUT2D eigenvalue weighted by molar-refractivity contribution is 4.84. The van der Waals surface area contributed by atoms with E-state index in [2.05, 4.69) is 10.6 Å². The first kappa shape index (κ1) is 7.98. The lowest BCUT2D eigenvalue weighted by Crippen LogP contribution is -2.45. The van der Waals surface area contributed by atoms with Gasteiger partial charge in [0.15, 0.2) is 0 Å². The molecule has 1 aliphatic carbocycles. The van der Waals surface area contributed by atoms with Crippen LogP contribution in [0.3, 0.4) is 0 Å². The fraction of sp³-hybridized carbons (Fsp3) is 1.00. The van der Waals surface area contributed by atoms with E-state index in [4.69, 9.17) is 5.11 Å². The first-order valence-corrected chi connectivity index (χ1v) is 3.89. The molecule has 10 heavy (non-hydrogen) atoms. The topological polar surface area (TPSA) is 44.3 Å². The molecule has 1 fully saturated rings. The second kappa shape index (κ2) is 3.91. The quantitative estimate of drug-likeness (QED) is 0.458. The summed E-state index contributed by atoms with van der Waals surface area (Å²) in [6.45, 7) is 2.01. The van der Waals surface area contributed by atoms with E-state index in [9.17, 15) is 0 Å². The van der Waals surface area contributed by atoms with Crippen molar-refractivity contribution in [3.8, 4) is 0 Å². The Balaban J connectivity index is 1.86. The monoisotopic (exact) mass is 144 g/mol. The number of hydrogen-bond donors (Lipinski definition) is 3. The summed E-state index contributed by atoms with van der Waals surface area (Å²) in [5.74, 6) is 0. The molecule has 0 aliphatic heterocycles. The van der Waals surface area contributed by atoms with Crippen molar-refractivity contribution < 1.29 is 5.11 Å². The number of likely N-dealkylation sites (N-methyl/N-ethyl adjacent to an activating group) is 1. The van der Waals surface area contributed by atoms with Crippen LogP contribution in [0.25, 0.3) is 0 Å². The van der Waals surface area contributed by atoms with Crippen LogP contribution in [0.1, 0.15) is 12.8 Å². The van der Waals surface area contributed by atoms with Gasteiger partial charge in [-0.15, -0.1) is 0 Å². The van der Waals surface area contributed by atoms with Gasteiger partial charge in [-0.3, -0.25) is 0 Å². The van der Waals surface area contributed by atoms with Crippen LogP contribution in [0.2, 0.25) is 0 Å². The molecule has 3 nitrogen and oxygen atoms in total. The second-order valence-electron chi connectivity index (χ2n) is 2.88. The summed E-state index contributed by atoms with van der Waals surface area (Å²) in [5.41, 5.74) is 0. The maximum absolute atomic E-state index is 8.92. The molecule has 0 radical (unpaired) electrons. The van der Waals surface area contributed by atoms with Gasteiger partial charge in [0.05, 0.1) is 6.10 Å². The van der Waals surface area contributed by atoms with E-state index in [-0.39, 0.29) is 6.10 Å². The number of aliphatic hydroxyl groups is 1. The maximum Gasteiger partial charge on any atom is 0.0570 e. The van der Waals surface area contributed by atoms with Gasteiger partial charge >= 0.3 is 0 Å². The van der Waals surface area contributed by atoms with E-state index in [0.29, 0.717) is 6.04 Å². The van der Waals surface area contributed by atoms with Gasteiger partial charge in [-0.05, 0) is 19.9 Å². The van der Waals surface area contributed by atoms with Crippen molar-refractivity contribution in [1.82, 2.24) is 10.6 Å². The molecule has 3 heteroatoms. The molecule has 1 aliphatic rings. The molecule has 0 aromatic carbocycles.